The highest BCUT2D eigenvalue weighted by atomic mass is 32.2. The van der Waals surface area contributed by atoms with Crippen molar-refractivity contribution in [1.29, 1.82) is 0 Å². The molecule has 8 heteroatoms. The van der Waals surface area contributed by atoms with Crippen molar-refractivity contribution in [1.82, 2.24) is 9.88 Å². The van der Waals surface area contributed by atoms with Crippen LogP contribution in [0.2, 0.25) is 0 Å². The molecule has 1 aromatic rings. The van der Waals surface area contributed by atoms with Crippen molar-refractivity contribution in [2.24, 2.45) is 11.7 Å². The van der Waals surface area contributed by atoms with Crippen LogP contribution in [0.25, 0.3) is 0 Å². The summed E-state index contributed by atoms with van der Waals surface area (Å²) in [5, 5.41) is -0.307. The molecule has 2 rings (SSSR count). The van der Waals surface area contributed by atoms with Crippen molar-refractivity contribution in [2.45, 2.75) is 29.9 Å². The lowest BCUT2D eigenvalue weighted by molar-refractivity contribution is -0.0329. The fourth-order valence-electron chi connectivity index (χ4n) is 2.50. The van der Waals surface area contributed by atoms with E-state index in [-0.39, 0.29) is 34.3 Å². The Morgan fingerprint density at radius 3 is 2.86 bits per heavy atom. The van der Waals surface area contributed by atoms with E-state index in [1.807, 2.05) is 6.92 Å². The molecule has 0 aliphatic carbocycles. The van der Waals surface area contributed by atoms with Crippen LogP contribution in [0.1, 0.15) is 23.7 Å². The average Bonchev–Trinajstić information content (AvgIpc) is 2.78. The topological polar surface area (TPSA) is 59.2 Å². The number of rotatable bonds is 3. The number of thioether (sulfide) groups is 1. The molecule has 1 saturated heterocycles. The summed E-state index contributed by atoms with van der Waals surface area (Å²) in [4.78, 5) is 17.8. The van der Waals surface area contributed by atoms with Crippen LogP contribution >= 0.6 is 11.8 Å². The molecule has 1 fully saturated rings. The van der Waals surface area contributed by atoms with Gasteiger partial charge in [-0.15, -0.1) is 0 Å². The highest BCUT2D eigenvalue weighted by Crippen LogP contribution is 2.38. The van der Waals surface area contributed by atoms with Gasteiger partial charge in [0.25, 0.3) is 5.91 Å². The van der Waals surface area contributed by atoms with Gasteiger partial charge in [0, 0.05) is 30.5 Å². The molecule has 116 valence electrons. The summed E-state index contributed by atoms with van der Waals surface area (Å²) in [7, 11) is 0. The fraction of sp³-hybridized carbons (Fsp3) is 0.538. The first-order valence-corrected chi connectivity index (χ1v) is 7.35. The van der Waals surface area contributed by atoms with Gasteiger partial charge in [-0.3, -0.25) is 4.79 Å². The van der Waals surface area contributed by atoms with Crippen molar-refractivity contribution in [2.75, 3.05) is 13.1 Å². The number of halogens is 3. The summed E-state index contributed by atoms with van der Waals surface area (Å²) in [6.07, 6.45) is 2.02. The largest absolute Gasteiger partial charge is 0.447 e. The number of nitrogens with two attached hydrogens (primary N) is 1. The molecule has 0 saturated carbocycles. The number of hydrogen-bond acceptors (Lipinski definition) is 4. The zero-order valence-electron chi connectivity index (χ0n) is 11.4. The minimum atomic E-state index is -4.47. The normalized spacial score (nSPS) is 22.6. The molecule has 4 nitrogen and oxygen atoms in total. The number of hydrogen-bond donors (Lipinski definition) is 1. The summed E-state index contributed by atoms with van der Waals surface area (Å²) in [6.45, 7) is 2.81. The molecule has 21 heavy (non-hydrogen) atoms. The Kier molecular flexibility index (Phi) is 4.77. The number of carbonyl (C=O) groups is 1. The molecule has 2 unspecified atom stereocenters. The highest BCUT2D eigenvalue weighted by Gasteiger charge is 2.36. The minimum absolute atomic E-state index is 0.00986. The maximum absolute atomic E-state index is 12.5. The van der Waals surface area contributed by atoms with Gasteiger partial charge in [0.1, 0.15) is 5.03 Å². The fourth-order valence-corrected chi connectivity index (χ4v) is 3.09. The maximum Gasteiger partial charge on any atom is 0.447 e. The first-order valence-electron chi connectivity index (χ1n) is 6.53. The zero-order valence-corrected chi connectivity index (χ0v) is 12.2. The lowest BCUT2D eigenvalue weighted by Crippen LogP contribution is -2.35. The van der Waals surface area contributed by atoms with Gasteiger partial charge in [-0.2, -0.15) is 13.2 Å². The Bertz CT molecular complexity index is 524. The number of nitrogens with zero attached hydrogens (tertiary/aromatic N) is 2. The lowest BCUT2D eigenvalue weighted by atomic mass is 10.1. The van der Waals surface area contributed by atoms with Gasteiger partial charge in [0.05, 0.1) is 5.56 Å². The van der Waals surface area contributed by atoms with Gasteiger partial charge in [-0.1, -0.05) is 0 Å². The van der Waals surface area contributed by atoms with Gasteiger partial charge in [0.2, 0.25) is 0 Å². The van der Waals surface area contributed by atoms with E-state index in [0.717, 1.165) is 6.42 Å². The van der Waals surface area contributed by atoms with E-state index in [4.69, 9.17) is 5.73 Å². The van der Waals surface area contributed by atoms with Gasteiger partial charge < -0.3 is 10.6 Å². The number of pyridine rings is 1. The summed E-state index contributed by atoms with van der Waals surface area (Å²) >= 11 is -0.361. The second-order valence-corrected chi connectivity index (χ2v) is 6.10. The summed E-state index contributed by atoms with van der Waals surface area (Å²) in [5.74, 6) is -0.224. The Hall–Kier alpha value is -1.28. The third-order valence-corrected chi connectivity index (χ3v) is 4.22. The van der Waals surface area contributed by atoms with E-state index in [0.29, 0.717) is 13.1 Å². The molecular weight excluding hydrogens is 303 g/mol. The van der Waals surface area contributed by atoms with Gasteiger partial charge in [-0.05, 0) is 37.9 Å². The molecule has 1 aliphatic heterocycles. The molecule has 2 N–H and O–H groups in total. The molecule has 0 bridgehead atoms. The Balaban J connectivity index is 2.24. The van der Waals surface area contributed by atoms with E-state index in [1.165, 1.54) is 18.3 Å². The molecule has 2 heterocycles. The van der Waals surface area contributed by atoms with Crippen LogP contribution in [0.4, 0.5) is 13.2 Å². The second-order valence-electron chi connectivity index (χ2n) is 5.05. The summed E-state index contributed by atoms with van der Waals surface area (Å²) < 4.78 is 37.6. The number of aromatic nitrogens is 1. The maximum atomic E-state index is 12.5. The average molecular weight is 319 g/mol. The van der Waals surface area contributed by atoms with E-state index in [9.17, 15) is 18.0 Å². The van der Waals surface area contributed by atoms with Gasteiger partial charge in [-0.25, -0.2) is 4.98 Å². The van der Waals surface area contributed by atoms with E-state index >= 15 is 0 Å². The molecule has 1 aromatic heterocycles. The predicted molar refractivity (Wildman–Crippen MR) is 73.8 cm³/mol. The SMILES string of the molecule is CC1CC(CN)CN1C(=O)c1cccnc1SC(F)(F)F. The van der Waals surface area contributed by atoms with Crippen LogP contribution in [-0.4, -0.2) is 40.4 Å². The van der Waals surface area contributed by atoms with Crippen LogP contribution in [-0.2, 0) is 0 Å². The quantitative estimate of drug-likeness (QED) is 0.870. The van der Waals surface area contributed by atoms with Gasteiger partial charge in [0.15, 0.2) is 0 Å². The zero-order chi connectivity index (χ0) is 15.6. The number of amides is 1. The molecular formula is C13H16F3N3OS. The molecule has 0 aromatic carbocycles. The summed E-state index contributed by atoms with van der Waals surface area (Å²) in [5.41, 5.74) is 1.12. The molecule has 2 atom stereocenters. The van der Waals surface area contributed by atoms with Crippen molar-refractivity contribution in [3.8, 4) is 0 Å². The number of likely N-dealkylation sites (tertiary alicyclic amines) is 1. The third kappa shape index (κ3) is 3.88. The van der Waals surface area contributed by atoms with E-state index < -0.39 is 11.4 Å². The van der Waals surface area contributed by atoms with Crippen molar-refractivity contribution >= 4 is 17.7 Å². The molecule has 0 radical (unpaired) electrons. The first kappa shape index (κ1) is 16.1. The van der Waals surface area contributed by atoms with E-state index in [1.54, 1.807) is 4.90 Å². The predicted octanol–water partition coefficient (Wildman–Crippen LogP) is 2.50. The number of alkyl halides is 3. The molecule has 0 spiro atoms. The third-order valence-electron chi connectivity index (χ3n) is 3.47. The van der Waals surface area contributed by atoms with Gasteiger partial charge >= 0.3 is 5.51 Å². The Morgan fingerprint density at radius 1 is 1.57 bits per heavy atom. The first-order chi connectivity index (χ1) is 9.81. The highest BCUT2D eigenvalue weighted by molar-refractivity contribution is 8.00. The lowest BCUT2D eigenvalue weighted by Gasteiger charge is -2.22. The second kappa shape index (κ2) is 6.23. The van der Waals surface area contributed by atoms with Crippen LogP contribution in [0.15, 0.2) is 23.4 Å². The Labute approximate surface area is 124 Å². The van der Waals surface area contributed by atoms with Crippen molar-refractivity contribution in [3.05, 3.63) is 23.9 Å². The Morgan fingerprint density at radius 2 is 2.29 bits per heavy atom. The van der Waals surface area contributed by atoms with Crippen molar-refractivity contribution in [3.63, 3.8) is 0 Å². The monoisotopic (exact) mass is 319 g/mol. The standard InChI is InChI=1S/C13H16F3N3OS/c1-8-5-9(6-17)7-19(8)12(20)10-3-2-4-18-11(10)21-13(14,15)16/h2-4,8-9H,5-7,17H2,1H3. The van der Waals surface area contributed by atoms with Crippen LogP contribution in [0, 0.1) is 5.92 Å². The minimum Gasteiger partial charge on any atom is -0.336 e. The van der Waals surface area contributed by atoms with Crippen LogP contribution in [0.3, 0.4) is 0 Å². The van der Waals surface area contributed by atoms with Crippen LogP contribution in [0.5, 0.6) is 0 Å². The molecule has 1 aliphatic rings. The van der Waals surface area contributed by atoms with Crippen LogP contribution < -0.4 is 5.73 Å². The number of carbonyl (C=O) groups excluding carboxylic acids is 1. The molecule has 1 amide bonds. The van der Waals surface area contributed by atoms with Crippen molar-refractivity contribution < 1.29 is 18.0 Å². The smallest absolute Gasteiger partial charge is 0.336 e. The summed E-state index contributed by atoms with van der Waals surface area (Å²) in [6, 6.07) is 2.82. The van der Waals surface area contributed by atoms with E-state index in [2.05, 4.69) is 4.98 Å².